The molecular weight excluding hydrogens is 363 g/mol. The molecule has 0 aromatic heterocycles. The van der Waals surface area contributed by atoms with Gasteiger partial charge in [-0.3, -0.25) is 19.7 Å². The zero-order valence-corrected chi connectivity index (χ0v) is 15.5. The van der Waals surface area contributed by atoms with Gasteiger partial charge in [0.2, 0.25) is 18.0 Å². The highest BCUT2D eigenvalue weighted by Crippen LogP contribution is 2.38. The Balaban J connectivity index is 2.67. The van der Waals surface area contributed by atoms with Crippen LogP contribution in [0.4, 0.5) is 4.39 Å². The van der Waals surface area contributed by atoms with Crippen molar-refractivity contribution in [1.29, 1.82) is 5.26 Å². The van der Waals surface area contributed by atoms with E-state index in [0.717, 1.165) is 0 Å². The van der Waals surface area contributed by atoms with Gasteiger partial charge >= 0.3 is 0 Å². The molecule has 0 amide bonds. The minimum atomic E-state index is -3.11. The fraction of sp³-hybridized carbons (Fsp3) is 0.286. The van der Waals surface area contributed by atoms with E-state index in [2.05, 4.69) is 0 Å². The summed E-state index contributed by atoms with van der Waals surface area (Å²) in [5.74, 6) is -4.61. The number of nitrogens with zero attached hydrogens (tertiary/aromatic N) is 2. The van der Waals surface area contributed by atoms with Gasteiger partial charge in [-0.15, -0.1) is 0 Å². The quantitative estimate of drug-likeness (QED) is 0.300. The number of nitriles is 1. The van der Waals surface area contributed by atoms with Crippen molar-refractivity contribution in [2.75, 3.05) is 6.54 Å². The minimum absolute atomic E-state index is 0.0407. The normalized spacial score (nSPS) is 14.0. The summed E-state index contributed by atoms with van der Waals surface area (Å²) >= 11 is 0. The molecule has 7 heteroatoms. The molecule has 0 fully saturated rings. The minimum Gasteiger partial charge on any atom is -0.295 e. The molecule has 0 N–H and O–H groups in total. The van der Waals surface area contributed by atoms with E-state index in [1.807, 2.05) is 6.07 Å². The maximum Gasteiger partial charge on any atom is 0.243 e. The van der Waals surface area contributed by atoms with Gasteiger partial charge in [0, 0.05) is 16.4 Å². The van der Waals surface area contributed by atoms with Gasteiger partial charge in [-0.05, 0) is 17.7 Å². The van der Waals surface area contributed by atoms with Gasteiger partial charge in [-0.25, -0.2) is 4.39 Å². The number of Topliss-reactive ketones (excluding diaryl/α,β-unsaturated/α-hetero) is 2. The topological polar surface area (TPSA) is 101 Å². The molecule has 144 valence electrons. The summed E-state index contributed by atoms with van der Waals surface area (Å²) in [6, 6.07) is 14.7. The molecule has 0 aliphatic heterocycles. The van der Waals surface area contributed by atoms with E-state index in [9.17, 15) is 19.7 Å². The van der Waals surface area contributed by atoms with Gasteiger partial charge in [0.25, 0.3) is 0 Å². The van der Waals surface area contributed by atoms with Crippen LogP contribution >= 0.6 is 0 Å². The first-order valence-corrected chi connectivity index (χ1v) is 8.66. The summed E-state index contributed by atoms with van der Waals surface area (Å²) in [6.45, 7) is 1.94. The van der Waals surface area contributed by atoms with E-state index in [-0.39, 0.29) is 16.7 Å². The van der Waals surface area contributed by atoms with Gasteiger partial charge in [-0.1, -0.05) is 56.3 Å². The molecule has 0 heterocycles. The fourth-order valence-corrected chi connectivity index (χ4v) is 3.06. The predicted molar refractivity (Wildman–Crippen MR) is 100 cm³/mol. The molecule has 0 unspecified atom stereocenters. The second-order valence-electron chi connectivity index (χ2n) is 6.73. The third kappa shape index (κ3) is 4.12. The maximum atomic E-state index is 16.3. The molecule has 6 nitrogen and oxygen atoms in total. The van der Waals surface area contributed by atoms with Crippen molar-refractivity contribution in [3.63, 3.8) is 0 Å². The number of carbonyl (C=O) groups excluding carboxylic acids is 2. The van der Waals surface area contributed by atoms with Crippen LogP contribution in [0.15, 0.2) is 54.6 Å². The van der Waals surface area contributed by atoms with Crippen molar-refractivity contribution < 1.29 is 18.9 Å². The Kier molecular flexibility index (Phi) is 6.37. The number of benzene rings is 2. The van der Waals surface area contributed by atoms with Crippen LogP contribution in [0.2, 0.25) is 0 Å². The summed E-state index contributed by atoms with van der Waals surface area (Å²) < 4.78 is 16.3. The van der Waals surface area contributed by atoms with E-state index >= 15 is 4.39 Å². The first-order valence-electron chi connectivity index (χ1n) is 8.66. The number of hydrogen-bond donors (Lipinski definition) is 0. The van der Waals surface area contributed by atoms with Crippen LogP contribution in [0.3, 0.4) is 0 Å². The number of ketones is 2. The smallest absolute Gasteiger partial charge is 0.243 e. The highest BCUT2D eigenvalue weighted by molar-refractivity contribution is 6.18. The Morgan fingerprint density at radius 1 is 1.14 bits per heavy atom. The van der Waals surface area contributed by atoms with Crippen LogP contribution in [0.25, 0.3) is 0 Å². The molecule has 0 bridgehead atoms. The van der Waals surface area contributed by atoms with E-state index in [1.54, 1.807) is 6.07 Å². The Labute approximate surface area is 161 Å². The van der Waals surface area contributed by atoms with Crippen LogP contribution < -0.4 is 0 Å². The average Bonchev–Trinajstić information content (AvgIpc) is 2.70. The zero-order chi connectivity index (χ0) is 20.9. The monoisotopic (exact) mass is 382 g/mol. The number of halogens is 1. The summed E-state index contributed by atoms with van der Waals surface area (Å²) in [5, 5.41) is 20.2. The number of nitro groups is 1. The number of alkyl halides is 1. The second-order valence-corrected chi connectivity index (χ2v) is 6.73. The SMILES string of the molecule is CC(C)C(=O)[C@](F)(C(=O)c1ccccc1)[C@@H](C[N+](=O)[O-])c1ccc(C#N)cc1. The van der Waals surface area contributed by atoms with Crippen molar-refractivity contribution in [3.8, 4) is 6.07 Å². The van der Waals surface area contributed by atoms with Crippen molar-refractivity contribution in [3.05, 3.63) is 81.4 Å². The number of hydrogen-bond acceptors (Lipinski definition) is 5. The molecule has 2 rings (SSSR count). The van der Waals surface area contributed by atoms with Gasteiger partial charge in [0.05, 0.1) is 17.6 Å². The van der Waals surface area contributed by atoms with Gasteiger partial charge < -0.3 is 0 Å². The largest absolute Gasteiger partial charge is 0.295 e. The third-order valence-corrected chi connectivity index (χ3v) is 4.50. The van der Waals surface area contributed by atoms with E-state index < -0.39 is 40.5 Å². The van der Waals surface area contributed by atoms with Gasteiger partial charge in [-0.2, -0.15) is 5.26 Å². The summed E-state index contributed by atoms with van der Waals surface area (Å²) in [7, 11) is 0. The molecule has 2 aromatic carbocycles. The van der Waals surface area contributed by atoms with E-state index in [0.29, 0.717) is 0 Å². The summed E-state index contributed by atoms with van der Waals surface area (Å²) in [6.07, 6.45) is 0. The lowest BCUT2D eigenvalue weighted by Gasteiger charge is -2.31. The fourth-order valence-electron chi connectivity index (χ4n) is 3.06. The van der Waals surface area contributed by atoms with E-state index in [4.69, 9.17) is 5.26 Å². The standard InChI is InChI=1S/C21H19FN2O4/c1-14(2)19(25)21(22,20(26)17-6-4-3-5-7-17)18(13-24(27)28)16-10-8-15(12-23)9-11-16/h3-11,14,18H,13H2,1-2H3/t18-,21-/m0/s1. The first kappa shape index (κ1) is 20.9. The van der Waals surface area contributed by atoms with E-state index in [1.165, 1.54) is 62.4 Å². The van der Waals surface area contributed by atoms with Crippen molar-refractivity contribution >= 4 is 11.6 Å². The number of rotatable bonds is 8. The number of carbonyl (C=O) groups is 2. The molecule has 2 aromatic rings. The van der Waals surface area contributed by atoms with Crippen molar-refractivity contribution in [2.24, 2.45) is 5.92 Å². The third-order valence-electron chi connectivity index (χ3n) is 4.50. The molecule has 28 heavy (non-hydrogen) atoms. The predicted octanol–water partition coefficient (Wildman–Crippen LogP) is 3.73. The second kappa shape index (κ2) is 8.53. The van der Waals surface area contributed by atoms with Gasteiger partial charge in [0.1, 0.15) is 0 Å². The summed E-state index contributed by atoms with van der Waals surface area (Å²) in [5.41, 5.74) is -2.77. The Morgan fingerprint density at radius 3 is 2.18 bits per heavy atom. The zero-order valence-electron chi connectivity index (χ0n) is 15.5. The van der Waals surface area contributed by atoms with Crippen LogP contribution in [0.5, 0.6) is 0 Å². The molecule has 0 aliphatic rings. The molecule has 0 aliphatic carbocycles. The Morgan fingerprint density at radius 2 is 1.71 bits per heavy atom. The maximum absolute atomic E-state index is 16.3. The van der Waals surface area contributed by atoms with Gasteiger partial charge in [0.15, 0.2) is 5.78 Å². The van der Waals surface area contributed by atoms with Crippen LogP contribution in [0.1, 0.15) is 41.3 Å². The first-order chi connectivity index (χ1) is 13.2. The molecule has 0 saturated heterocycles. The molecule has 2 atom stereocenters. The highest BCUT2D eigenvalue weighted by atomic mass is 19.1. The highest BCUT2D eigenvalue weighted by Gasteiger charge is 2.55. The van der Waals surface area contributed by atoms with Crippen LogP contribution in [-0.4, -0.2) is 28.7 Å². The molecule has 0 saturated carbocycles. The van der Waals surface area contributed by atoms with Crippen molar-refractivity contribution in [2.45, 2.75) is 25.4 Å². The average molecular weight is 382 g/mol. The lowest BCUT2D eigenvalue weighted by atomic mass is 9.73. The van der Waals surface area contributed by atoms with Crippen LogP contribution in [0, 0.1) is 27.4 Å². The van der Waals surface area contributed by atoms with Crippen molar-refractivity contribution in [1.82, 2.24) is 0 Å². The molecule has 0 radical (unpaired) electrons. The molecule has 0 spiro atoms. The lowest BCUT2D eigenvalue weighted by molar-refractivity contribution is -0.485. The Bertz CT molecular complexity index is 920. The lowest BCUT2D eigenvalue weighted by Crippen LogP contribution is -2.51. The molecular formula is C21H19FN2O4. The van der Waals surface area contributed by atoms with Crippen LogP contribution in [-0.2, 0) is 4.79 Å². The summed E-state index contributed by atoms with van der Waals surface area (Å²) in [4.78, 5) is 36.4. The Hall–Kier alpha value is -3.40.